The van der Waals surface area contributed by atoms with E-state index in [1.165, 1.54) is 25.7 Å². The van der Waals surface area contributed by atoms with Gasteiger partial charge in [0.2, 0.25) is 0 Å². The van der Waals surface area contributed by atoms with Crippen LogP contribution in [0.15, 0.2) is 23.1 Å². The largest absolute Gasteiger partial charge is 0.384 e. The van der Waals surface area contributed by atoms with Gasteiger partial charge in [-0.15, -0.1) is 11.8 Å². The molecule has 0 amide bonds. The molecule has 2 aliphatic rings. The van der Waals surface area contributed by atoms with Crippen LogP contribution in [-0.4, -0.2) is 12.3 Å². The number of benzene rings is 1. The smallest absolute Gasteiger partial charge is 0.102 e. The van der Waals surface area contributed by atoms with Crippen LogP contribution < -0.4 is 5.32 Å². The molecule has 1 aromatic rings. The normalized spacial score (nSPS) is 27.5. The van der Waals surface area contributed by atoms with Crippen molar-refractivity contribution < 1.29 is 0 Å². The van der Waals surface area contributed by atoms with Gasteiger partial charge >= 0.3 is 0 Å². The van der Waals surface area contributed by atoms with Crippen LogP contribution in [0.1, 0.15) is 38.2 Å². The summed E-state index contributed by atoms with van der Waals surface area (Å²) in [6.07, 6.45) is 5.72. The first-order chi connectivity index (χ1) is 9.81. The number of fused-ring (bicyclic) bond motifs is 2. The van der Waals surface area contributed by atoms with Crippen molar-refractivity contribution in [3.8, 4) is 6.07 Å². The Bertz CT molecular complexity index is 520. The Hall–Kier alpha value is -1.14. The van der Waals surface area contributed by atoms with E-state index in [1.807, 2.05) is 6.07 Å². The van der Waals surface area contributed by atoms with Gasteiger partial charge < -0.3 is 5.32 Å². The zero-order valence-corrected chi connectivity index (χ0v) is 12.9. The molecule has 0 aliphatic heterocycles. The van der Waals surface area contributed by atoms with Crippen molar-refractivity contribution in [3.05, 3.63) is 23.8 Å². The summed E-state index contributed by atoms with van der Waals surface area (Å²) in [7, 11) is 0. The molecule has 0 spiro atoms. The molecule has 2 aliphatic carbocycles. The summed E-state index contributed by atoms with van der Waals surface area (Å²) in [6.45, 7) is 3.16. The molecule has 1 aromatic carbocycles. The van der Waals surface area contributed by atoms with Crippen molar-refractivity contribution in [2.24, 2.45) is 17.8 Å². The molecule has 3 rings (SSSR count). The molecule has 2 bridgehead atoms. The summed E-state index contributed by atoms with van der Waals surface area (Å²) >= 11 is 1.75. The van der Waals surface area contributed by atoms with E-state index in [-0.39, 0.29) is 0 Å². The lowest BCUT2D eigenvalue weighted by Gasteiger charge is -2.23. The number of anilines is 1. The SMILES string of the molecule is CCSc1cccc(NCC2CC3CCC2C3)c1C#N. The monoisotopic (exact) mass is 286 g/mol. The number of nitrogens with one attached hydrogen (secondary N) is 1. The zero-order chi connectivity index (χ0) is 13.9. The number of nitriles is 1. The highest BCUT2D eigenvalue weighted by Gasteiger charge is 2.39. The molecule has 3 heteroatoms. The number of nitrogens with zero attached hydrogens (tertiary/aromatic N) is 1. The molecule has 0 saturated heterocycles. The van der Waals surface area contributed by atoms with Gasteiger partial charge in [0.05, 0.1) is 11.3 Å². The summed E-state index contributed by atoms with van der Waals surface area (Å²) in [5.41, 5.74) is 1.84. The Kier molecular flexibility index (Phi) is 4.21. The van der Waals surface area contributed by atoms with Crippen molar-refractivity contribution in [1.29, 1.82) is 5.26 Å². The van der Waals surface area contributed by atoms with Crippen molar-refractivity contribution >= 4 is 17.4 Å². The van der Waals surface area contributed by atoms with Crippen molar-refractivity contribution in [1.82, 2.24) is 0 Å². The maximum Gasteiger partial charge on any atom is 0.102 e. The van der Waals surface area contributed by atoms with Crippen molar-refractivity contribution in [2.45, 2.75) is 37.5 Å². The minimum absolute atomic E-state index is 0.822. The van der Waals surface area contributed by atoms with Crippen LogP contribution in [0.5, 0.6) is 0 Å². The van der Waals surface area contributed by atoms with E-state index in [2.05, 4.69) is 30.4 Å². The molecule has 0 aromatic heterocycles. The van der Waals surface area contributed by atoms with Crippen LogP contribution in [0, 0.1) is 29.1 Å². The van der Waals surface area contributed by atoms with E-state index in [0.29, 0.717) is 0 Å². The van der Waals surface area contributed by atoms with Gasteiger partial charge in [-0.1, -0.05) is 19.4 Å². The lowest BCUT2D eigenvalue weighted by Crippen LogP contribution is -2.20. The Balaban J connectivity index is 1.68. The predicted molar refractivity (Wildman–Crippen MR) is 85.0 cm³/mol. The van der Waals surface area contributed by atoms with Crippen LogP contribution in [-0.2, 0) is 0 Å². The first-order valence-electron chi connectivity index (χ1n) is 7.71. The average Bonchev–Trinajstić information content (AvgIpc) is 3.08. The third-order valence-corrected chi connectivity index (χ3v) is 5.82. The van der Waals surface area contributed by atoms with Gasteiger partial charge in [-0.2, -0.15) is 5.26 Å². The number of thioether (sulfide) groups is 1. The Morgan fingerprint density at radius 2 is 2.25 bits per heavy atom. The first kappa shape index (κ1) is 13.8. The summed E-state index contributed by atoms with van der Waals surface area (Å²) in [4.78, 5) is 1.10. The first-order valence-corrected chi connectivity index (χ1v) is 8.70. The molecule has 106 valence electrons. The second-order valence-corrected chi connectivity index (χ2v) is 7.35. The fourth-order valence-corrected chi connectivity index (χ4v) is 4.72. The van der Waals surface area contributed by atoms with E-state index >= 15 is 0 Å². The second-order valence-electron chi connectivity index (χ2n) is 6.04. The average molecular weight is 286 g/mol. The van der Waals surface area contributed by atoms with E-state index in [4.69, 9.17) is 0 Å². The summed E-state index contributed by atoms with van der Waals surface area (Å²) < 4.78 is 0. The highest BCUT2D eigenvalue weighted by Crippen LogP contribution is 2.48. The van der Waals surface area contributed by atoms with Crippen LogP contribution >= 0.6 is 11.8 Å². The fourth-order valence-electron chi connectivity index (χ4n) is 3.94. The molecule has 2 fully saturated rings. The van der Waals surface area contributed by atoms with Gasteiger partial charge in [-0.25, -0.2) is 0 Å². The van der Waals surface area contributed by atoms with Crippen LogP contribution in [0.4, 0.5) is 5.69 Å². The number of hydrogen-bond donors (Lipinski definition) is 1. The predicted octanol–water partition coefficient (Wildman–Crippen LogP) is 4.52. The van der Waals surface area contributed by atoms with Crippen LogP contribution in [0.2, 0.25) is 0 Å². The molecule has 0 heterocycles. The number of hydrogen-bond acceptors (Lipinski definition) is 3. The van der Waals surface area contributed by atoms with Gasteiger partial charge in [-0.05, 0) is 54.9 Å². The zero-order valence-electron chi connectivity index (χ0n) is 12.1. The standard InChI is InChI=1S/C17H22N2S/c1-2-20-17-5-3-4-16(15(17)10-18)19-11-14-9-12-6-7-13(14)8-12/h3-5,12-14,19H,2,6-9,11H2,1H3. The second kappa shape index (κ2) is 6.10. The molecular formula is C17H22N2S. The molecule has 20 heavy (non-hydrogen) atoms. The molecule has 2 nitrogen and oxygen atoms in total. The van der Waals surface area contributed by atoms with E-state index in [9.17, 15) is 5.26 Å². The topological polar surface area (TPSA) is 35.8 Å². The van der Waals surface area contributed by atoms with Gasteiger partial charge in [0, 0.05) is 11.4 Å². The summed E-state index contributed by atoms with van der Waals surface area (Å²) in [6, 6.07) is 8.53. The van der Waals surface area contributed by atoms with Crippen LogP contribution in [0.25, 0.3) is 0 Å². The highest BCUT2D eigenvalue weighted by molar-refractivity contribution is 7.99. The Labute approximate surface area is 125 Å². The minimum atomic E-state index is 0.822. The molecule has 3 unspecified atom stereocenters. The lowest BCUT2D eigenvalue weighted by molar-refractivity contribution is 0.348. The molecule has 0 radical (unpaired) electrons. The maximum atomic E-state index is 9.42. The molecule has 3 atom stereocenters. The highest BCUT2D eigenvalue weighted by atomic mass is 32.2. The summed E-state index contributed by atoms with van der Waals surface area (Å²) in [5, 5.41) is 13.0. The van der Waals surface area contributed by atoms with Gasteiger partial charge in [0.1, 0.15) is 6.07 Å². The van der Waals surface area contributed by atoms with Gasteiger partial charge in [-0.3, -0.25) is 0 Å². The fraction of sp³-hybridized carbons (Fsp3) is 0.588. The van der Waals surface area contributed by atoms with E-state index in [1.54, 1.807) is 11.8 Å². The summed E-state index contributed by atoms with van der Waals surface area (Å²) in [5.74, 6) is 3.75. The van der Waals surface area contributed by atoms with Gasteiger partial charge in [0.25, 0.3) is 0 Å². The van der Waals surface area contributed by atoms with Gasteiger partial charge in [0.15, 0.2) is 0 Å². The third kappa shape index (κ3) is 2.67. The molecule has 2 saturated carbocycles. The minimum Gasteiger partial charge on any atom is -0.384 e. The maximum absolute atomic E-state index is 9.42. The van der Waals surface area contributed by atoms with E-state index in [0.717, 1.165) is 46.2 Å². The Morgan fingerprint density at radius 3 is 2.90 bits per heavy atom. The van der Waals surface area contributed by atoms with Crippen molar-refractivity contribution in [2.75, 3.05) is 17.6 Å². The van der Waals surface area contributed by atoms with Crippen molar-refractivity contribution in [3.63, 3.8) is 0 Å². The molecular weight excluding hydrogens is 264 g/mol. The van der Waals surface area contributed by atoms with Crippen LogP contribution in [0.3, 0.4) is 0 Å². The third-order valence-electron chi connectivity index (χ3n) is 4.88. The Morgan fingerprint density at radius 1 is 1.35 bits per heavy atom. The van der Waals surface area contributed by atoms with E-state index < -0.39 is 0 Å². The molecule has 1 N–H and O–H groups in total. The quantitative estimate of drug-likeness (QED) is 0.808. The number of rotatable bonds is 5. The lowest BCUT2D eigenvalue weighted by atomic mass is 9.89.